The van der Waals surface area contributed by atoms with Crippen molar-refractivity contribution in [1.82, 2.24) is 9.88 Å². The number of amides is 1. The molecule has 0 spiro atoms. The van der Waals surface area contributed by atoms with E-state index in [1.54, 1.807) is 7.05 Å². The third kappa shape index (κ3) is 2.27. The molecule has 88 valence electrons. The first-order valence-corrected chi connectivity index (χ1v) is 5.85. The summed E-state index contributed by atoms with van der Waals surface area (Å²) in [6.45, 7) is 0.385. The first kappa shape index (κ1) is 11.2. The number of carbonyl (C=O) groups excluding carboxylic acids is 1. The minimum absolute atomic E-state index is 0.0266. The summed E-state index contributed by atoms with van der Waals surface area (Å²) in [6, 6.07) is 0.142. The second kappa shape index (κ2) is 4.70. The Morgan fingerprint density at radius 1 is 1.56 bits per heavy atom. The number of hydrogen-bond acceptors (Lipinski definition) is 2. The first-order chi connectivity index (χ1) is 7.70. The fourth-order valence-corrected chi connectivity index (χ4v) is 2.29. The van der Waals surface area contributed by atoms with Crippen molar-refractivity contribution in [2.24, 2.45) is 5.73 Å². The standard InChI is InChI=1S/C12H19N3O/c1-14-12(16)8-15-6-9-4-2-3-5-11(13)10(9)7-15/h6-7,11H,2-5,8,13H2,1H3,(H,14,16). The van der Waals surface area contributed by atoms with Gasteiger partial charge >= 0.3 is 0 Å². The zero-order valence-electron chi connectivity index (χ0n) is 9.70. The van der Waals surface area contributed by atoms with Crippen molar-refractivity contribution >= 4 is 5.91 Å². The van der Waals surface area contributed by atoms with Gasteiger partial charge in [0.25, 0.3) is 0 Å². The molecule has 0 radical (unpaired) electrons. The van der Waals surface area contributed by atoms with Gasteiger partial charge in [-0.25, -0.2) is 0 Å². The van der Waals surface area contributed by atoms with Gasteiger partial charge in [-0.1, -0.05) is 6.42 Å². The maximum absolute atomic E-state index is 11.3. The Hall–Kier alpha value is -1.29. The Bertz CT molecular complexity index is 384. The molecule has 16 heavy (non-hydrogen) atoms. The maximum atomic E-state index is 11.3. The predicted octanol–water partition coefficient (Wildman–Crippen LogP) is 0.960. The number of nitrogens with zero attached hydrogens (tertiary/aromatic N) is 1. The molecular weight excluding hydrogens is 202 g/mol. The molecule has 0 aromatic carbocycles. The summed E-state index contributed by atoms with van der Waals surface area (Å²) in [6.07, 6.45) is 8.63. The van der Waals surface area contributed by atoms with Gasteiger partial charge < -0.3 is 15.6 Å². The summed E-state index contributed by atoms with van der Waals surface area (Å²) in [7, 11) is 1.66. The van der Waals surface area contributed by atoms with Gasteiger partial charge in [-0.3, -0.25) is 4.79 Å². The highest BCUT2D eigenvalue weighted by molar-refractivity contribution is 5.75. The Morgan fingerprint density at radius 2 is 2.38 bits per heavy atom. The molecule has 2 rings (SSSR count). The van der Waals surface area contributed by atoms with Crippen LogP contribution in [0.3, 0.4) is 0 Å². The number of hydrogen-bond donors (Lipinski definition) is 2. The predicted molar refractivity (Wildman–Crippen MR) is 63.0 cm³/mol. The Kier molecular flexibility index (Phi) is 3.29. The number of nitrogens with two attached hydrogens (primary N) is 1. The van der Waals surface area contributed by atoms with E-state index >= 15 is 0 Å². The molecule has 3 N–H and O–H groups in total. The number of nitrogens with one attached hydrogen (secondary N) is 1. The van der Waals surface area contributed by atoms with Crippen LogP contribution in [0.2, 0.25) is 0 Å². The molecule has 0 fully saturated rings. The van der Waals surface area contributed by atoms with Gasteiger partial charge in [0.2, 0.25) is 5.91 Å². The van der Waals surface area contributed by atoms with E-state index in [2.05, 4.69) is 11.5 Å². The summed E-state index contributed by atoms with van der Waals surface area (Å²) in [5.41, 5.74) is 8.65. The van der Waals surface area contributed by atoms with Crippen LogP contribution in [0, 0.1) is 0 Å². The van der Waals surface area contributed by atoms with Crippen molar-refractivity contribution < 1.29 is 4.79 Å². The molecule has 1 aromatic heterocycles. The summed E-state index contributed by atoms with van der Waals surface area (Å²) in [4.78, 5) is 11.3. The monoisotopic (exact) mass is 221 g/mol. The van der Waals surface area contributed by atoms with Crippen LogP contribution in [0.15, 0.2) is 12.4 Å². The van der Waals surface area contributed by atoms with E-state index in [4.69, 9.17) is 5.73 Å². The summed E-state index contributed by atoms with van der Waals surface area (Å²) in [5.74, 6) is 0.0266. The molecule has 1 aliphatic carbocycles. The third-order valence-electron chi connectivity index (χ3n) is 3.21. The van der Waals surface area contributed by atoms with Gasteiger partial charge in [-0.2, -0.15) is 0 Å². The lowest BCUT2D eigenvalue weighted by Gasteiger charge is -2.07. The third-order valence-corrected chi connectivity index (χ3v) is 3.21. The highest BCUT2D eigenvalue weighted by Crippen LogP contribution is 2.27. The van der Waals surface area contributed by atoms with Crippen LogP contribution in [-0.4, -0.2) is 17.5 Å². The highest BCUT2D eigenvalue weighted by Gasteiger charge is 2.17. The Morgan fingerprint density at radius 3 is 3.12 bits per heavy atom. The minimum Gasteiger partial charge on any atom is -0.358 e. The SMILES string of the molecule is CNC(=O)Cn1cc2c(c1)C(N)CCCC2. The molecule has 1 aliphatic rings. The second-order valence-corrected chi connectivity index (χ2v) is 4.44. The van der Waals surface area contributed by atoms with Gasteiger partial charge in [-0.15, -0.1) is 0 Å². The molecule has 0 saturated heterocycles. The Labute approximate surface area is 95.8 Å². The average molecular weight is 221 g/mol. The topological polar surface area (TPSA) is 60.0 Å². The van der Waals surface area contributed by atoms with Crippen molar-refractivity contribution in [3.63, 3.8) is 0 Å². The van der Waals surface area contributed by atoms with Gasteiger partial charge in [0.1, 0.15) is 6.54 Å². The van der Waals surface area contributed by atoms with Gasteiger partial charge in [-0.05, 0) is 30.4 Å². The molecule has 1 unspecified atom stereocenters. The van der Waals surface area contributed by atoms with Crippen LogP contribution < -0.4 is 11.1 Å². The first-order valence-electron chi connectivity index (χ1n) is 5.85. The van der Waals surface area contributed by atoms with Crippen LogP contribution in [0.4, 0.5) is 0 Å². The molecule has 1 heterocycles. The number of aromatic nitrogens is 1. The lowest BCUT2D eigenvalue weighted by atomic mass is 10.1. The lowest BCUT2D eigenvalue weighted by molar-refractivity contribution is -0.121. The van der Waals surface area contributed by atoms with E-state index in [0.29, 0.717) is 6.54 Å². The molecule has 4 heteroatoms. The zero-order valence-corrected chi connectivity index (χ0v) is 9.70. The summed E-state index contributed by atoms with van der Waals surface area (Å²) < 4.78 is 1.94. The van der Waals surface area contributed by atoms with Crippen molar-refractivity contribution in [3.05, 3.63) is 23.5 Å². The Balaban J connectivity index is 2.19. The largest absolute Gasteiger partial charge is 0.358 e. The molecule has 4 nitrogen and oxygen atoms in total. The number of carbonyl (C=O) groups is 1. The van der Waals surface area contributed by atoms with Gasteiger partial charge in [0.15, 0.2) is 0 Å². The maximum Gasteiger partial charge on any atom is 0.239 e. The number of rotatable bonds is 2. The van der Waals surface area contributed by atoms with Crippen molar-refractivity contribution in [3.8, 4) is 0 Å². The van der Waals surface area contributed by atoms with E-state index in [-0.39, 0.29) is 11.9 Å². The fraction of sp³-hybridized carbons (Fsp3) is 0.583. The van der Waals surface area contributed by atoms with E-state index in [9.17, 15) is 4.79 Å². The van der Waals surface area contributed by atoms with Crippen LogP contribution in [0.25, 0.3) is 0 Å². The normalized spacial score (nSPS) is 20.0. The summed E-state index contributed by atoms with van der Waals surface area (Å²) in [5, 5.41) is 2.63. The summed E-state index contributed by atoms with van der Waals surface area (Å²) >= 11 is 0. The van der Waals surface area contributed by atoms with Crippen LogP contribution in [-0.2, 0) is 17.8 Å². The average Bonchev–Trinajstić information content (AvgIpc) is 2.59. The number of likely N-dealkylation sites (N-methyl/N-ethyl adjacent to an activating group) is 1. The number of aryl methyl sites for hydroxylation is 1. The molecule has 0 saturated carbocycles. The van der Waals surface area contributed by atoms with Crippen molar-refractivity contribution in [2.45, 2.75) is 38.3 Å². The van der Waals surface area contributed by atoms with E-state index in [1.165, 1.54) is 24.0 Å². The van der Waals surface area contributed by atoms with Gasteiger partial charge in [0, 0.05) is 25.5 Å². The fourth-order valence-electron chi connectivity index (χ4n) is 2.29. The molecule has 0 aliphatic heterocycles. The molecule has 1 atom stereocenters. The van der Waals surface area contributed by atoms with E-state index < -0.39 is 0 Å². The van der Waals surface area contributed by atoms with Crippen molar-refractivity contribution in [1.29, 1.82) is 0 Å². The van der Waals surface area contributed by atoms with Crippen LogP contribution in [0.1, 0.15) is 36.4 Å². The minimum atomic E-state index is 0.0266. The smallest absolute Gasteiger partial charge is 0.239 e. The number of fused-ring (bicyclic) bond motifs is 1. The van der Waals surface area contributed by atoms with Crippen LogP contribution in [0.5, 0.6) is 0 Å². The van der Waals surface area contributed by atoms with E-state index in [1.807, 2.05) is 10.8 Å². The lowest BCUT2D eigenvalue weighted by Crippen LogP contribution is -2.22. The highest BCUT2D eigenvalue weighted by atomic mass is 16.1. The van der Waals surface area contributed by atoms with Crippen molar-refractivity contribution in [2.75, 3.05) is 7.05 Å². The molecule has 1 amide bonds. The zero-order chi connectivity index (χ0) is 11.5. The van der Waals surface area contributed by atoms with Crippen LogP contribution >= 0.6 is 0 Å². The molecule has 0 bridgehead atoms. The second-order valence-electron chi connectivity index (χ2n) is 4.44. The molecular formula is C12H19N3O. The quantitative estimate of drug-likeness (QED) is 0.731. The molecule has 1 aromatic rings. The van der Waals surface area contributed by atoms with Gasteiger partial charge in [0.05, 0.1) is 0 Å². The van der Waals surface area contributed by atoms with E-state index in [0.717, 1.165) is 12.8 Å².